The Hall–Kier alpha value is -0.690. The average Bonchev–Trinajstić information content (AvgIpc) is 2.05. The van der Waals surface area contributed by atoms with E-state index < -0.39 is 0 Å². The van der Waals surface area contributed by atoms with Crippen molar-refractivity contribution in [2.45, 2.75) is 26.7 Å². The first kappa shape index (κ1) is 9.40. The quantitative estimate of drug-likeness (QED) is 0.701. The second-order valence-corrected chi connectivity index (χ2v) is 3.26. The van der Waals surface area contributed by atoms with Crippen molar-refractivity contribution < 1.29 is 0 Å². The molecular weight excluding hydrogens is 170 g/mol. The molecule has 1 aromatic carbocycles. The van der Waals surface area contributed by atoms with Gasteiger partial charge in [0.05, 0.1) is 0 Å². The summed E-state index contributed by atoms with van der Waals surface area (Å²) in [7, 11) is 0. The first-order valence-electron chi connectivity index (χ1n) is 4.25. The highest BCUT2D eigenvalue weighted by molar-refractivity contribution is 6.31. The maximum absolute atomic E-state index is 5.98. The molecule has 0 spiro atoms. The number of nitrogens with two attached hydrogens (primary N) is 1. The molecule has 0 atom stereocenters. The van der Waals surface area contributed by atoms with Crippen molar-refractivity contribution in [2.24, 2.45) is 0 Å². The van der Waals surface area contributed by atoms with Crippen LogP contribution in [0.2, 0.25) is 5.02 Å². The van der Waals surface area contributed by atoms with Crippen molar-refractivity contribution in [3.05, 3.63) is 28.3 Å². The maximum atomic E-state index is 5.98. The molecule has 0 aliphatic rings. The molecule has 12 heavy (non-hydrogen) atoms. The summed E-state index contributed by atoms with van der Waals surface area (Å²) < 4.78 is 0. The molecule has 0 saturated heterocycles. The van der Waals surface area contributed by atoms with Gasteiger partial charge in [-0.3, -0.25) is 0 Å². The summed E-state index contributed by atoms with van der Waals surface area (Å²) in [5.74, 6) is 0. The second kappa shape index (κ2) is 3.81. The van der Waals surface area contributed by atoms with Gasteiger partial charge in [-0.15, -0.1) is 0 Å². The van der Waals surface area contributed by atoms with Crippen LogP contribution in [-0.2, 0) is 12.8 Å². The number of nitrogen functional groups attached to an aromatic ring is 1. The third-order valence-electron chi connectivity index (χ3n) is 2.07. The third kappa shape index (κ3) is 1.72. The monoisotopic (exact) mass is 183 g/mol. The minimum Gasteiger partial charge on any atom is -0.398 e. The molecule has 66 valence electrons. The van der Waals surface area contributed by atoms with Crippen LogP contribution in [0.1, 0.15) is 25.0 Å². The van der Waals surface area contributed by atoms with Gasteiger partial charge >= 0.3 is 0 Å². The lowest BCUT2D eigenvalue weighted by molar-refractivity contribution is 1.09. The number of hydrogen-bond donors (Lipinski definition) is 1. The summed E-state index contributed by atoms with van der Waals surface area (Å²) in [4.78, 5) is 0. The van der Waals surface area contributed by atoms with Crippen molar-refractivity contribution in [3.8, 4) is 0 Å². The molecule has 0 bridgehead atoms. The Kier molecular flexibility index (Phi) is 2.99. The molecule has 0 radical (unpaired) electrons. The van der Waals surface area contributed by atoms with E-state index in [1.54, 1.807) is 0 Å². The predicted octanol–water partition coefficient (Wildman–Crippen LogP) is 3.05. The molecular formula is C10H14ClN. The first-order chi connectivity index (χ1) is 5.69. The minimum atomic E-state index is 0.784. The van der Waals surface area contributed by atoms with Crippen molar-refractivity contribution in [3.63, 3.8) is 0 Å². The van der Waals surface area contributed by atoms with Gasteiger partial charge in [0, 0.05) is 10.7 Å². The molecule has 0 unspecified atom stereocenters. The molecule has 0 aliphatic heterocycles. The Labute approximate surface area is 78.5 Å². The first-order valence-corrected chi connectivity index (χ1v) is 4.63. The van der Waals surface area contributed by atoms with Crippen LogP contribution < -0.4 is 5.73 Å². The lowest BCUT2D eigenvalue weighted by Gasteiger charge is -2.07. The van der Waals surface area contributed by atoms with E-state index in [2.05, 4.69) is 19.9 Å². The molecule has 0 fully saturated rings. The minimum absolute atomic E-state index is 0.784. The summed E-state index contributed by atoms with van der Waals surface area (Å²) in [6.45, 7) is 4.19. The van der Waals surface area contributed by atoms with Crippen molar-refractivity contribution in [1.82, 2.24) is 0 Å². The number of aryl methyl sites for hydroxylation is 2. The zero-order valence-corrected chi connectivity index (χ0v) is 8.28. The third-order valence-corrected chi connectivity index (χ3v) is 2.42. The van der Waals surface area contributed by atoms with Crippen molar-refractivity contribution in [2.75, 3.05) is 5.73 Å². The summed E-state index contributed by atoms with van der Waals surface area (Å²) in [6.07, 6.45) is 1.93. The van der Waals surface area contributed by atoms with E-state index in [4.69, 9.17) is 17.3 Å². The Balaban J connectivity index is 3.18. The van der Waals surface area contributed by atoms with E-state index in [9.17, 15) is 0 Å². The predicted molar refractivity (Wildman–Crippen MR) is 54.6 cm³/mol. The van der Waals surface area contributed by atoms with E-state index in [0.717, 1.165) is 23.6 Å². The molecule has 1 aromatic rings. The number of benzene rings is 1. The van der Waals surface area contributed by atoms with Crippen LogP contribution in [0.5, 0.6) is 0 Å². The van der Waals surface area contributed by atoms with E-state index in [0.29, 0.717) is 0 Å². The zero-order valence-electron chi connectivity index (χ0n) is 7.52. The fraction of sp³-hybridized carbons (Fsp3) is 0.400. The van der Waals surface area contributed by atoms with Gasteiger partial charge in [0.15, 0.2) is 0 Å². The lowest BCUT2D eigenvalue weighted by Crippen LogP contribution is -1.95. The van der Waals surface area contributed by atoms with Gasteiger partial charge in [-0.2, -0.15) is 0 Å². The van der Waals surface area contributed by atoms with Gasteiger partial charge in [0.2, 0.25) is 0 Å². The standard InChI is InChI=1S/C10H14ClN/c1-3-7-5-8(4-2)10(12)6-9(7)11/h5-6H,3-4,12H2,1-2H3. The molecule has 1 nitrogen and oxygen atoms in total. The second-order valence-electron chi connectivity index (χ2n) is 2.85. The highest BCUT2D eigenvalue weighted by atomic mass is 35.5. The number of rotatable bonds is 2. The highest BCUT2D eigenvalue weighted by Gasteiger charge is 2.02. The lowest BCUT2D eigenvalue weighted by atomic mass is 10.1. The van der Waals surface area contributed by atoms with E-state index in [-0.39, 0.29) is 0 Å². The Bertz CT molecular complexity index is 256. The average molecular weight is 184 g/mol. The maximum Gasteiger partial charge on any atom is 0.0458 e. The normalized spacial score (nSPS) is 10.2. The summed E-state index contributed by atoms with van der Waals surface area (Å²) in [5, 5.41) is 0.784. The smallest absolute Gasteiger partial charge is 0.0458 e. The van der Waals surface area contributed by atoms with E-state index >= 15 is 0 Å². The van der Waals surface area contributed by atoms with Gasteiger partial charge in [-0.05, 0) is 30.0 Å². The molecule has 0 saturated carbocycles. The van der Waals surface area contributed by atoms with Crippen molar-refractivity contribution >= 4 is 17.3 Å². The van der Waals surface area contributed by atoms with Gasteiger partial charge in [-0.1, -0.05) is 31.5 Å². The highest BCUT2D eigenvalue weighted by Crippen LogP contribution is 2.23. The van der Waals surface area contributed by atoms with Crippen LogP contribution in [0.15, 0.2) is 12.1 Å². The van der Waals surface area contributed by atoms with Gasteiger partial charge in [0.25, 0.3) is 0 Å². The Morgan fingerprint density at radius 3 is 2.25 bits per heavy atom. The fourth-order valence-electron chi connectivity index (χ4n) is 1.26. The van der Waals surface area contributed by atoms with Crippen molar-refractivity contribution in [1.29, 1.82) is 0 Å². The zero-order chi connectivity index (χ0) is 9.14. The fourth-order valence-corrected chi connectivity index (χ4v) is 1.57. The summed E-state index contributed by atoms with van der Waals surface area (Å²) >= 11 is 5.98. The van der Waals surface area contributed by atoms with Crippen LogP contribution in [-0.4, -0.2) is 0 Å². The van der Waals surface area contributed by atoms with Crippen LogP contribution in [0.4, 0.5) is 5.69 Å². The molecule has 1 rings (SSSR count). The molecule has 0 aromatic heterocycles. The van der Waals surface area contributed by atoms with Crippen LogP contribution >= 0.6 is 11.6 Å². The molecule has 2 N–H and O–H groups in total. The van der Waals surface area contributed by atoms with Crippen LogP contribution in [0.25, 0.3) is 0 Å². The molecule has 2 heteroatoms. The molecule has 0 amide bonds. The number of anilines is 1. The number of halogens is 1. The van der Waals surface area contributed by atoms with E-state index in [1.165, 1.54) is 11.1 Å². The molecule has 0 aliphatic carbocycles. The Morgan fingerprint density at radius 2 is 1.75 bits per heavy atom. The topological polar surface area (TPSA) is 26.0 Å². The van der Waals surface area contributed by atoms with Crippen LogP contribution in [0, 0.1) is 0 Å². The molecule has 0 heterocycles. The van der Waals surface area contributed by atoms with Gasteiger partial charge in [0.1, 0.15) is 0 Å². The van der Waals surface area contributed by atoms with Crippen LogP contribution in [0.3, 0.4) is 0 Å². The largest absolute Gasteiger partial charge is 0.398 e. The van der Waals surface area contributed by atoms with E-state index in [1.807, 2.05) is 6.07 Å². The number of hydrogen-bond acceptors (Lipinski definition) is 1. The summed E-state index contributed by atoms with van der Waals surface area (Å²) in [5.41, 5.74) is 8.95. The summed E-state index contributed by atoms with van der Waals surface area (Å²) in [6, 6.07) is 3.94. The Morgan fingerprint density at radius 1 is 1.17 bits per heavy atom. The van der Waals surface area contributed by atoms with Gasteiger partial charge in [-0.25, -0.2) is 0 Å². The van der Waals surface area contributed by atoms with Gasteiger partial charge < -0.3 is 5.73 Å². The SMILES string of the molecule is CCc1cc(CC)c(Cl)cc1N.